The van der Waals surface area contributed by atoms with E-state index in [2.05, 4.69) is 9.97 Å². The van der Waals surface area contributed by atoms with Gasteiger partial charge >= 0.3 is 12.1 Å². The highest BCUT2D eigenvalue weighted by Crippen LogP contribution is 2.28. The zero-order valence-corrected chi connectivity index (χ0v) is 8.38. The van der Waals surface area contributed by atoms with Gasteiger partial charge in [0, 0.05) is 0 Å². The lowest BCUT2D eigenvalue weighted by Gasteiger charge is -1.99. The third-order valence-corrected chi connectivity index (χ3v) is 2.17. The predicted octanol–water partition coefficient (Wildman–Crippen LogP) is 2.21. The van der Waals surface area contributed by atoms with E-state index in [0.29, 0.717) is 5.56 Å². The molecule has 1 heterocycles. The zero-order chi connectivity index (χ0) is 12.6. The first kappa shape index (κ1) is 11.4. The van der Waals surface area contributed by atoms with Gasteiger partial charge in [-0.2, -0.15) is 13.2 Å². The van der Waals surface area contributed by atoms with Crippen molar-refractivity contribution < 1.29 is 23.1 Å². The minimum absolute atomic E-state index is 0.159. The maximum atomic E-state index is 12.3. The molecule has 0 amide bonds. The molecular weight excluding hydrogens is 237 g/mol. The molecule has 0 unspecified atom stereocenters. The Kier molecular flexibility index (Phi) is 2.53. The van der Waals surface area contributed by atoms with Crippen LogP contribution in [0.5, 0.6) is 0 Å². The molecule has 0 saturated carbocycles. The van der Waals surface area contributed by atoms with E-state index < -0.39 is 18.0 Å². The Bertz CT molecular complexity index is 574. The Hall–Kier alpha value is -2.05. The largest absolute Gasteiger partial charge is 0.481 e. The highest BCUT2D eigenvalue weighted by Gasteiger charge is 2.34. The second-order valence-electron chi connectivity index (χ2n) is 3.51. The standard InChI is InChI=1S/C10H7F3N2O2/c11-10(12,13)9-14-6-2-1-5(4-8(16)17)3-7(6)15-9/h1-3H,4H2,(H,14,15)(H,16,17). The number of carboxylic acids is 1. The van der Waals surface area contributed by atoms with Crippen molar-refractivity contribution >= 4 is 17.0 Å². The molecule has 1 aromatic carbocycles. The van der Waals surface area contributed by atoms with Crippen molar-refractivity contribution in [2.24, 2.45) is 0 Å². The fourth-order valence-corrected chi connectivity index (χ4v) is 1.48. The van der Waals surface area contributed by atoms with Crippen LogP contribution >= 0.6 is 0 Å². The van der Waals surface area contributed by atoms with Crippen LogP contribution in [0.15, 0.2) is 18.2 Å². The van der Waals surface area contributed by atoms with Gasteiger partial charge in [0.25, 0.3) is 0 Å². The van der Waals surface area contributed by atoms with Crippen LogP contribution in [0.2, 0.25) is 0 Å². The lowest BCUT2D eigenvalue weighted by atomic mass is 10.1. The van der Waals surface area contributed by atoms with Gasteiger partial charge in [-0.3, -0.25) is 4.79 Å². The molecule has 2 N–H and O–H groups in total. The topological polar surface area (TPSA) is 66.0 Å². The lowest BCUT2D eigenvalue weighted by molar-refractivity contribution is -0.144. The van der Waals surface area contributed by atoms with Crippen molar-refractivity contribution in [3.8, 4) is 0 Å². The van der Waals surface area contributed by atoms with Crippen LogP contribution in [-0.4, -0.2) is 21.0 Å². The summed E-state index contributed by atoms with van der Waals surface area (Å²) in [6.45, 7) is 0. The molecule has 0 aliphatic rings. The molecule has 90 valence electrons. The molecule has 0 aliphatic heterocycles. The fourth-order valence-electron chi connectivity index (χ4n) is 1.48. The summed E-state index contributed by atoms with van der Waals surface area (Å²) in [5, 5.41) is 8.57. The van der Waals surface area contributed by atoms with Crippen molar-refractivity contribution in [2.75, 3.05) is 0 Å². The van der Waals surface area contributed by atoms with E-state index in [1.807, 2.05) is 0 Å². The number of halogens is 3. The molecule has 0 radical (unpaired) electrons. The van der Waals surface area contributed by atoms with Gasteiger partial charge < -0.3 is 10.1 Å². The molecule has 4 nitrogen and oxygen atoms in total. The molecule has 0 bridgehead atoms. The first-order valence-electron chi connectivity index (χ1n) is 4.64. The van der Waals surface area contributed by atoms with E-state index in [9.17, 15) is 18.0 Å². The third-order valence-electron chi connectivity index (χ3n) is 2.17. The van der Waals surface area contributed by atoms with E-state index in [0.717, 1.165) is 0 Å². The van der Waals surface area contributed by atoms with E-state index in [4.69, 9.17) is 5.11 Å². The van der Waals surface area contributed by atoms with Crippen molar-refractivity contribution in [2.45, 2.75) is 12.6 Å². The number of H-pyrrole nitrogens is 1. The number of hydrogen-bond donors (Lipinski definition) is 2. The van der Waals surface area contributed by atoms with Gasteiger partial charge in [0.2, 0.25) is 5.82 Å². The Morgan fingerprint density at radius 3 is 2.71 bits per heavy atom. The number of aromatic amines is 1. The van der Waals surface area contributed by atoms with E-state index in [-0.39, 0.29) is 17.5 Å². The summed E-state index contributed by atoms with van der Waals surface area (Å²) >= 11 is 0. The van der Waals surface area contributed by atoms with Crippen LogP contribution < -0.4 is 0 Å². The van der Waals surface area contributed by atoms with Crippen LogP contribution in [0.1, 0.15) is 11.4 Å². The van der Waals surface area contributed by atoms with Crippen molar-refractivity contribution in [1.82, 2.24) is 9.97 Å². The number of fused-ring (bicyclic) bond motifs is 1. The van der Waals surface area contributed by atoms with Gasteiger partial charge in [0.15, 0.2) is 0 Å². The van der Waals surface area contributed by atoms with E-state index in [1.54, 1.807) is 0 Å². The summed E-state index contributed by atoms with van der Waals surface area (Å²) in [6.07, 6.45) is -4.78. The van der Waals surface area contributed by atoms with Crippen LogP contribution in [-0.2, 0) is 17.4 Å². The van der Waals surface area contributed by atoms with Gasteiger partial charge in [-0.15, -0.1) is 0 Å². The van der Waals surface area contributed by atoms with Crippen molar-refractivity contribution in [3.05, 3.63) is 29.6 Å². The molecule has 1 aromatic heterocycles. The monoisotopic (exact) mass is 244 g/mol. The van der Waals surface area contributed by atoms with Gasteiger partial charge in [-0.1, -0.05) is 6.07 Å². The minimum atomic E-state index is -4.54. The summed E-state index contributed by atoms with van der Waals surface area (Å²) in [4.78, 5) is 16.0. The van der Waals surface area contributed by atoms with Crippen LogP contribution in [0.3, 0.4) is 0 Å². The number of carboxylic acid groups (broad SMARTS) is 1. The second-order valence-corrected chi connectivity index (χ2v) is 3.51. The van der Waals surface area contributed by atoms with Gasteiger partial charge in [0.1, 0.15) is 0 Å². The number of benzene rings is 1. The number of carbonyl (C=O) groups is 1. The van der Waals surface area contributed by atoms with E-state index >= 15 is 0 Å². The minimum Gasteiger partial charge on any atom is -0.481 e. The SMILES string of the molecule is O=C(O)Cc1ccc2nc(C(F)(F)F)[nH]c2c1. The molecule has 0 saturated heterocycles. The second kappa shape index (κ2) is 3.76. The molecule has 0 spiro atoms. The number of nitrogens with zero attached hydrogens (tertiary/aromatic N) is 1. The third kappa shape index (κ3) is 2.38. The first-order chi connectivity index (χ1) is 7.86. The predicted molar refractivity (Wildman–Crippen MR) is 52.4 cm³/mol. The van der Waals surface area contributed by atoms with E-state index in [1.165, 1.54) is 18.2 Å². The van der Waals surface area contributed by atoms with Crippen molar-refractivity contribution in [3.63, 3.8) is 0 Å². The highest BCUT2D eigenvalue weighted by atomic mass is 19.4. The number of aliphatic carboxylic acids is 1. The summed E-state index contributed by atoms with van der Waals surface area (Å²) in [6, 6.07) is 4.16. The molecule has 0 aliphatic carbocycles. The number of imidazole rings is 1. The molecular formula is C10H7F3N2O2. The highest BCUT2D eigenvalue weighted by molar-refractivity contribution is 5.78. The smallest absolute Gasteiger partial charge is 0.449 e. The molecule has 17 heavy (non-hydrogen) atoms. The average molecular weight is 244 g/mol. The van der Waals surface area contributed by atoms with Crippen LogP contribution in [0, 0.1) is 0 Å². The average Bonchev–Trinajstić information content (AvgIpc) is 2.58. The van der Waals surface area contributed by atoms with Crippen LogP contribution in [0.4, 0.5) is 13.2 Å². The first-order valence-corrected chi connectivity index (χ1v) is 4.64. The Balaban J connectivity index is 2.44. The Morgan fingerprint density at radius 1 is 1.41 bits per heavy atom. The quantitative estimate of drug-likeness (QED) is 0.851. The number of alkyl halides is 3. The fraction of sp³-hybridized carbons (Fsp3) is 0.200. The van der Waals surface area contributed by atoms with Crippen molar-refractivity contribution in [1.29, 1.82) is 0 Å². The molecule has 0 atom stereocenters. The zero-order valence-electron chi connectivity index (χ0n) is 8.38. The maximum Gasteiger partial charge on any atom is 0.449 e. The number of aromatic nitrogens is 2. The summed E-state index contributed by atoms with van der Waals surface area (Å²) in [5.41, 5.74) is 0.755. The van der Waals surface area contributed by atoms with Gasteiger partial charge in [-0.25, -0.2) is 4.98 Å². The van der Waals surface area contributed by atoms with Crippen LogP contribution in [0.25, 0.3) is 11.0 Å². The summed E-state index contributed by atoms with van der Waals surface area (Å²) in [5.74, 6) is -2.13. The number of hydrogen-bond acceptors (Lipinski definition) is 2. The number of rotatable bonds is 2. The Morgan fingerprint density at radius 2 is 2.12 bits per heavy atom. The summed E-state index contributed by atoms with van der Waals surface area (Å²) < 4.78 is 37.0. The molecule has 7 heteroatoms. The number of nitrogens with one attached hydrogen (secondary N) is 1. The molecule has 2 aromatic rings. The van der Waals surface area contributed by atoms with Gasteiger partial charge in [-0.05, 0) is 17.7 Å². The molecule has 0 fully saturated rings. The Labute approximate surface area is 93.1 Å². The summed E-state index contributed by atoms with van der Waals surface area (Å²) in [7, 11) is 0. The normalized spacial score (nSPS) is 11.9. The molecule has 2 rings (SSSR count). The van der Waals surface area contributed by atoms with Gasteiger partial charge in [0.05, 0.1) is 17.5 Å². The maximum absolute atomic E-state index is 12.3. The lowest BCUT2D eigenvalue weighted by Crippen LogP contribution is -2.06.